The van der Waals surface area contributed by atoms with Gasteiger partial charge in [0.25, 0.3) is 11.8 Å². The average molecular weight is 310 g/mol. The van der Waals surface area contributed by atoms with Crippen LogP contribution in [0.5, 0.6) is 0 Å². The lowest BCUT2D eigenvalue weighted by molar-refractivity contribution is -0.138. The van der Waals surface area contributed by atoms with Gasteiger partial charge in [0.15, 0.2) is 0 Å². The monoisotopic (exact) mass is 310 g/mol. The van der Waals surface area contributed by atoms with Gasteiger partial charge in [0.05, 0.1) is 0 Å². The van der Waals surface area contributed by atoms with Crippen molar-refractivity contribution in [1.82, 2.24) is 10.2 Å². The number of carbonyl (C=O) groups is 3. The zero-order valence-electron chi connectivity index (χ0n) is 12.3. The highest BCUT2D eigenvalue weighted by Crippen LogP contribution is 2.30. The number of hydrogen-bond donors (Lipinski definition) is 1. The van der Waals surface area contributed by atoms with E-state index in [0.29, 0.717) is 12.5 Å². The van der Waals surface area contributed by atoms with Gasteiger partial charge < -0.3 is 5.32 Å². The largest absolute Gasteiger partial charge is 0.355 e. The number of nitrogens with zero attached hydrogens (tertiary/aromatic N) is 1. The molecule has 1 aliphatic heterocycles. The fraction of sp³-hybridized carbons (Fsp3) is 0.667. The summed E-state index contributed by atoms with van der Waals surface area (Å²) in [6.45, 7) is 1.22. The molecule has 1 fully saturated rings. The van der Waals surface area contributed by atoms with Gasteiger partial charge in [0, 0.05) is 36.9 Å². The van der Waals surface area contributed by atoms with Crippen molar-refractivity contribution in [3.63, 3.8) is 0 Å². The van der Waals surface area contributed by atoms with Crippen molar-refractivity contribution in [2.24, 2.45) is 11.8 Å². The average Bonchev–Trinajstić information content (AvgIpc) is 2.80. The third-order valence-corrected chi connectivity index (χ3v) is 4.78. The predicted molar refractivity (Wildman–Crippen MR) is 82.7 cm³/mol. The second-order valence-corrected chi connectivity index (χ2v) is 6.61. The number of nitrogens with one attached hydrogen (secondary N) is 1. The van der Waals surface area contributed by atoms with E-state index in [-0.39, 0.29) is 23.6 Å². The van der Waals surface area contributed by atoms with Crippen molar-refractivity contribution in [2.75, 3.05) is 25.1 Å². The molecule has 1 N–H and O–H groups in total. The summed E-state index contributed by atoms with van der Waals surface area (Å²) in [4.78, 5) is 36.3. The quantitative estimate of drug-likeness (QED) is 0.591. The van der Waals surface area contributed by atoms with E-state index < -0.39 is 0 Å². The van der Waals surface area contributed by atoms with Crippen LogP contribution in [0.2, 0.25) is 0 Å². The molecule has 6 heteroatoms. The Kier molecular flexibility index (Phi) is 5.85. The molecule has 5 nitrogen and oxygen atoms in total. The van der Waals surface area contributed by atoms with E-state index in [2.05, 4.69) is 5.32 Å². The molecule has 0 unspecified atom stereocenters. The first-order chi connectivity index (χ1) is 10.1. The second-order valence-electron chi connectivity index (χ2n) is 5.62. The summed E-state index contributed by atoms with van der Waals surface area (Å²) < 4.78 is 0. The lowest BCUT2D eigenvalue weighted by atomic mass is 9.81. The van der Waals surface area contributed by atoms with Crippen molar-refractivity contribution in [2.45, 2.75) is 25.7 Å². The van der Waals surface area contributed by atoms with Gasteiger partial charge in [-0.2, -0.15) is 11.8 Å². The van der Waals surface area contributed by atoms with Crippen molar-refractivity contribution < 1.29 is 14.4 Å². The minimum atomic E-state index is -0.211. The van der Waals surface area contributed by atoms with E-state index in [1.54, 1.807) is 11.8 Å². The summed E-state index contributed by atoms with van der Waals surface area (Å²) in [5.74, 6) is 1.08. The highest BCUT2D eigenvalue weighted by Gasteiger charge is 2.30. The van der Waals surface area contributed by atoms with Crippen molar-refractivity contribution in [3.8, 4) is 0 Å². The fourth-order valence-electron chi connectivity index (χ4n) is 2.90. The van der Waals surface area contributed by atoms with Crippen LogP contribution >= 0.6 is 11.8 Å². The summed E-state index contributed by atoms with van der Waals surface area (Å²) in [5, 5.41) is 2.97. The SMILES string of the molecule is CSCCNC(=O)C1CCC(CN2C(=O)C=CC2=O)CC1. The molecule has 0 radical (unpaired) electrons. The number of amides is 3. The third kappa shape index (κ3) is 4.33. The van der Waals surface area contributed by atoms with E-state index in [1.165, 1.54) is 17.1 Å². The Balaban J connectivity index is 1.72. The number of thioether (sulfide) groups is 1. The molecule has 2 rings (SSSR count). The number of rotatable bonds is 6. The standard InChI is InChI=1S/C15H22N2O3S/c1-21-9-8-16-15(20)12-4-2-11(3-5-12)10-17-13(18)6-7-14(17)19/h6-7,11-12H,2-5,8-10H2,1H3,(H,16,20). The van der Waals surface area contributed by atoms with Crippen molar-refractivity contribution >= 4 is 29.5 Å². The Labute approximate surface area is 129 Å². The molecule has 0 saturated heterocycles. The maximum absolute atomic E-state index is 12.0. The normalized spacial score (nSPS) is 25.5. The molecule has 0 aromatic carbocycles. The van der Waals surface area contributed by atoms with Crippen LogP contribution in [0.1, 0.15) is 25.7 Å². The van der Waals surface area contributed by atoms with E-state index >= 15 is 0 Å². The first kappa shape index (κ1) is 16.1. The molecular weight excluding hydrogens is 288 g/mol. The molecule has 2 aliphatic rings. The Hall–Kier alpha value is -1.30. The summed E-state index contributed by atoms with van der Waals surface area (Å²) >= 11 is 1.72. The number of carbonyl (C=O) groups excluding carboxylic acids is 3. The Morgan fingerprint density at radius 2 is 1.86 bits per heavy atom. The molecule has 0 spiro atoms. The van der Waals surface area contributed by atoms with Crippen molar-refractivity contribution in [1.29, 1.82) is 0 Å². The topological polar surface area (TPSA) is 66.5 Å². The lowest BCUT2D eigenvalue weighted by Gasteiger charge is -2.30. The van der Waals surface area contributed by atoms with Gasteiger partial charge in [-0.15, -0.1) is 0 Å². The molecule has 0 aromatic rings. The van der Waals surface area contributed by atoms with Gasteiger partial charge in [0.1, 0.15) is 0 Å². The molecule has 0 aromatic heterocycles. The van der Waals surface area contributed by atoms with E-state index in [0.717, 1.165) is 38.0 Å². The maximum Gasteiger partial charge on any atom is 0.253 e. The predicted octanol–water partition coefficient (Wildman–Crippen LogP) is 1.20. The van der Waals surface area contributed by atoms with E-state index in [4.69, 9.17) is 0 Å². The first-order valence-corrected chi connectivity index (χ1v) is 8.81. The van der Waals surface area contributed by atoms with Crippen LogP contribution in [0.4, 0.5) is 0 Å². The van der Waals surface area contributed by atoms with Gasteiger partial charge in [-0.1, -0.05) is 0 Å². The zero-order valence-corrected chi connectivity index (χ0v) is 13.2. The maximum atomic E-state index is 12.0. The van der Waals surface area contributed by atoms with Crippen molar-refractivity contribution in [3.05, 3.63) is 12.2 Å². The molecule has 0 bridgehead atoms. The van der Waals surface area contributed by atoms with Crippen LogP contribution in [0.15, 0.2) is 12.2 Å². The Morgan fingerprint density at radius 1 is 1.24 bits per heavy atom. The molecule has 116 valence electrons. The van der Waals surface area contributed by atoms with Crippen LogP contribution in [-0.2, 0) is 14.4 Å². The first-order valence-electron chi connectivity index (χ1n) is 7.42. The van der Waals surface area contributed by atoms with Crippen LogP contribution < -0.4 is 5.32 Å². The molecule has 1 heterocycles. The molecule has 1 aliphatic carbocycles. The Morgan fingerprint density at radius 3 is 2.43 bits per heavy atom. The second kappa shape index (κ2) is 7.64. The van der Waals surface area contributed by atoms with Gasteiger partial charge in [-0.3, -0.25) is 19.3 Å². The fourth-order valence-corrected chi connectivity index (χ4v) is 3.20. The molecular formula is C15H22N2O3S. The van der Waals surface area contributed by atoms with Crippen LogP contribution in [0.3, 0.4) is 0 Å². The van der Waals surface area contributed by atoms with Gasteiger partial charge in [0.2, 0.25) is 5.91 Å². The van der Waals surface area contributed by atoms with Crippen LogP contribution in [0, 0.1) is 11.8 Å². The van der Waals surface area contributed by atoms with Crippen LogP contribution in [0.25, 0.3) is 0 Å². The van der Waals surface area contributed by atoms with Gasteiger partial charge in [-0.25, -0.2) is 0 Å². The highest BCUT2D eigenvalue weighted by atomic mass is 32.2. The minimum absolute atomic E-state index is 0.0891. The van der Waals surface area contributed by atoms with Gasteiger partial charge >= 0.3 is 0 Å². The summed E-state index contributed by atoms with van der Waals surface area (Å²) in [6.07, 6.45) is 8.17. The smallest absolute Gasteiger partial charge is 0.253 e. The molecule has 21 heavy (non-hydrogen) atoms. The molecule has 1 saturated carbocycles. The summed E-state index contributed by atoms with van der Waals surface area (Å²) in [7, 11) is 0. The third-order valence-electron chi connectivity index (χ3n) is 4.16. The number of hydrogen-bond acceptors (Lipinski definition) is 4. The zero-order chi connectivity index (χ0) is 15.2. The molecule has 3 amide bonds. The molecule has 0 atom stereocenters. The number of imide groups is 1. The summed E-state index contributed by atoms with van der Waals surface area (Å²) in [6, 6.07) is 0. The Bertz CT molecular complexity index is 424. The summed E-state index contributed by atoms with van der Waals surface area (Å²) in [5.41, 5.74) is 0. The van der Waals surface area contributed by atoms with Crippen LogP contribution in [-0.4, -0.2) is 47.7 Å². The van der Waals surface area contributed by atoms with Gasteiger partial charge in [-0.05, 0) is 37.9 Å². The minimum Gasteiger partial charge on any atom is -0.355 e. The highest BCUT2D eigenvalue weighted by molar-refractivity contribution is 7.98. The lowest BCUT2D eigenvalue weighted by Crippen LogP contribution is -2.38. The van der Waals surface area contributed by atoms with E-state index in [1.807, 2.05) is 6.26 Å². The van der Waals surface area contributed by atoms with E-state index in [9.17, 15) is 14.4 Å².